The van der Waals surface area contributed by atoms with Crippen LogP contribution in [-0.2, 0) is 11.3 Å². The summed E-state index contributed by atoms with van der Waals surface area (Å²) in [6.07, 6.45) is -0.816. The number of para-hydroxylation sites is 1. The number of ether oxygens (including phenoxy) is 1. The van der Waals surface area contributed by atoms with Crippen LogP contribution in [0.15, 0.2) is 48.5 Å². The first-order valence-electron chi connectivity index (χ1n) is 6.61. The van der Waals surface area contributed by atoms with Gasteiger partial charge in [-0.3, -0.25) is 4.79 Å². The van der Waals surface area contributed by atoms with E-state index in [1.807, 2.05) is 18.2 Å². The van der Waals surface area contributed by atoms with Crippen molar-refractivity contribution in [1.82, 2.24) is 0 Å². The standard InChI is InChI=1S/C16H17FN2O2/c1-11(16(20)19-13-5-3-2-4-6-13)21-15-8-7-12(10-18)9-14(15)17/h2-9,11H,10,18H2,1H3,(H,19,20). The van der Waals surface area contributed by atoms with Crippen LogP contribution >= 0.6 is 0 Å². The SMILES string of the molecule is CC(Oc1ccc(CN)cc1F)C(=O)Nc1ccccc1. The van der Waals surface area contributed by atoms with Crippen LogP contribution in [0.2, 0.25) is 0 Å². The van der Waals surface area contributed by atoms with E-state index in [4.69, 9.17) is 10.5 Å². The van der Waals surface area contributed by atoms with Crippen molar-refractivity contribution in [2.75, 3.05) is 5.32 Å². The highest BCUT2D eigenvalue weighted by Gasteiger charge is 2.16. The Hall–Kier alpha value is -2.40. The van der Waals surface area contributed by atoms with E-state index in [0.717, 1.165) is 0 Å². The molecule has 1 unspecified atom stereocenters. The van der Waals surface area contributed by atoms with E-state index in [2.05, 4.69) is 5.32 Å². The molecule has 3 N–H and O–H groups in total. The molecule has 0 aliphatic rings. The number of carbonyl (C=O) groups is 1. The summed E-state index contributed by atoms with van der Waals surface area (Å²) in [5, 5.41) is 2.70. The van der Waals surface area contributed by atoms with Crippen LogP contribution < -0.4 is 15.8 Å². The molecule has 1 amide bonds. The highest BCUT2D eigenvalue weighted by atomic mass is 19.1. The predicted molar refractivity (Wildman–Crippen MR) is 79.5 cm³/mol. The van der Waals surface area contributed by atoms with Gasteiger partial charge in [-0.1, -0.05) is 24.3 Å². The Kier molecular flexibility index (Phi) is 4.90. The molecule has 21 heavy (non-hydrogen) atoms. The van der Waals surface area contributed by atoms with Gasteiger partial charge in [0.15, 0.2) is 17.7 Å². The number of hydrogen-bond donors (Lipinski definition) is 2. The smallest absolute Gasteiger partial charge is 0.265 e. The van der Waals surface area contributed by atoms with E-state index in [1.54, 1.807) is 25.1 Å². The average molecular weight is 288 g/mol. The first kappa shape index (κ1) is 15.0. The molecule has 0 saturated carbocycles. The lowest BCUT2D eigenvalue weighted by Gasteiger charge is -2.15. The average Bonchev–Trinajstić information content (AvgIpc) is 2.50. The van der Waals surface area contributed by atoms with E-state index >= 15 is 0 Å². The second kappa shape index (κ2) is 6.85. The Morgan fingerprint density at radius 3 is 2.62 bits per heavy atom. The number of rotatable bonds is 5. The molecule has 0 fully saturated rings. The molecule has 0 aliphatic carbocycles. The van der Waals surface area contributed by atoms with Crippen molar-refractivity contribution < 1.29 is 13.9 Å². The van der Waals surface area contributed by atoms with Gasteiger partial charge < -0.3 is 15.8 Å². The predicted octanol–water partition coefficient (Wildman–Crippen LogP) is 2.69. The van der Waals surface area contributed by atoms with Gasteiger partial charge >= 0.3 is 0 Å². The fraction of sp³-hybridized carbons (Fsp3) is 0.188. The van der Waals surface area contributed by atoms with Crippen LogP contribution in [0, 0.1) is 5.82 Å². The molecule has 0 aromatic heterocycles. The third kappa shape index (κ3) is 4.03. The van der Waals surface area contributed by atoms with Crippen molar-refractivity contribution in [3.8, 4) is 5.75 Å². The summed E-state index contributed by atoms with van der Waals surface area (Å²) in [7, 11) is 0. The summed E-state index contributed by atoms with van der Waals surface area (Å²) in [5.41, 5.74) is 6.76. The normalized spacial score (nSPS) is 11.8. The maximum atomic E-state index is 13.8. The number of amides is 1. The maximum absolute atomic E-state index is 13.8. The summed E-state index contributed by atoms with van der Waals surface area (Å²) < 4.78 is 19.1. The van der Waals surface area contributed by atoms with Crippen molar-refractivity contribution in [2.24, 2.45) is 5.73 Å². The van der Waals surface area contributed by atoms with E-state index in [-0.39, 0.29) is 18.2 Å². The van der Waals surface area contributed by atoms with E-state index in [0.29, 0.717) is 11.3 Å². The fourth-order valence-corrected chi connectivity index (χ4v) is 1.78. The van der Waals surface area contributed by atoms with Crippen molar-refractivity contribution in [2.45, 2.75) is 19.6 Å². The van der Waals surface area contributed by atoms with E-state index in [9.17, 15) is 9.18 Å². The molecule has 0 saturated heterocycles. The lowest BCUT2D eigenvalue weighted by atomic mass is 10.2. The van der Waals surface area contributed by atoms with Gasteiger partial charge in [0, 0.05) is 12.2 Å². The monoisotopic (exact) mass is 288 g/mol. The molecular weight excluding hydrogens is 271 g/mol. The van der Waals surface area contributed by atoms with Crippen LogP contribution in [0.5, 0.6) is 5.75 Å². The minimum Gasteiger partial charge on any atom is -0.478 e. The highest BCUT2D eigenvalue weighted by molar-refractivity contribution is 5.94. The first-order chi connectivity index (χ1) is 10.1. The number of hydrogen-bond acceptors (Lipinski definition) is 3. The summed E-state index contributed by atoms with van der Waals surface area (Å²) in [6, 6.07) is 13.5. The van der Waals surface area contributed by atoms with Gasteiger partial charge in [0.05, 0.1) is 0 Å². The zero-order valence-electron chi connectivity index (χ0n) is 11.7. The van der Waals surface area contributed by atoms with Gasteiger partial charge in [-0.25, -0.2) is 4.39 Å². The molecule has 1 atom stereocenters. The fourth-order valence-electron chi connectivity index (χ4n) is 1.78. The largest absolute Gasteiger partial charge is 0.478 e. The summed E-state index contributed by atoms with van der Waals surface area (Å²) >= 11 is 0. The Morgan fingerprint density at radius 1 is 1.29 bits per heavy atom. The topological polar surface area (TPSA) is 64.3 Å². The lowest BCUT2D eigenvalue weighted by molar-refractivity contribution is -0.122. The van der Waals surface area contributed by atoms with Gasteiger partial charge in [0.1, 0.15) is 0 Å². The number of benzene rings is 2. The molecule has 4 nitrogen and oxygen atoms in total. The molecule has 0 aliphatic heterocycles. The summed E-state index contributed by atoms with van der Waals surface area (Å²) in [5.74, 6) is -0.844. The number of carbonyl (C=O) groups excluding carboxylic acids is 1. The number of halogens is 1. The molecular formula is C16H17FN2O2. The molecule has 0 bridgehead atoms. The van der Waals surface area contributed by atoms with Crippen LogP contribution in [-0.4, -0.2) is 12.0 Å². The number of nitrogens with one attached hydrogen (secondary N) is 1. The lowest BCUT2D eigenvalue weighted by Crippen LogP contribution is -2.30. The minimum absolute atomic E-state index is 0.0305. The quantitative estimate of drug-likeness (QED) is 0.889. The molecule has 2 aromatic rings. The van der Waals surface area contributed by atoms with Gasteiger partial charge in [0.25, 0.3) is 5.91 Å². The van der Waals surface area contributed by atoms with Crippen molar-refractivity contribution in [3.63, 3.8) is 0 Å². The second-order valence-corrected chi connectivity index (χ2v) is 4.58. The third-order valence-corrected chi connectivity index (χ3v) is 2.95. The van der Waals surface area contributed by atoms with Crippen LogP contribution in [0.25, 0.3) is 0 Å². The minimum atomic E-state index is -0.816. The van der Waals surface area contributed by atoms with Crippen molar-refractivity contribution in [3.05, 3.63) is 59.9 Å². The second-order valence-electron chi connectivity index (χ2n) is 4.58. The Balaban J connectivity index is 2.00. The number of nitrogens with two attached hydrogens (primary N) is 1. The Morgan fingerprint density at radius 2 is 2.00 bits per heavy atom. The highest BCUT2D eigenvalue weighted by Crippen LogP contribution is 2.20. The maximum Gasteiger partial charge on any atom is 0.265 e. The molecule has 110 valence electrons. The van der Waals surface area contributed by atoms with Crippen LogP contribution in [0.1, 0.15) is 12.5 Å². The van der Waals surface area contributed by atoms with Crippen LogP contribution in [0.3, 0.4) is 0 Å². The van der Waals surface area contributed by atoms with Gasteiger partial charge in [-0.15, -0.1) is 0 Å². The number of anilines is 1. The molecule has 0 radical (unpaired) electrons. The third-order valence-electron chi connectivity index (χ3n) is 2.95. The molecule has 0 spiro atoms. The zero-order valence-corrected chi connectivity index (χ0v) is 11.7. The molecule has 2 aromatic carbocycles. The summed E-state index contributed by atoms with van der Waals surface area (Å²) in [4.78, 5) is 12.0. The molecule has 2 rings (SSSR count). The van der Waals surface area contributed by atoms with Crippen molar-refractivity contribution in [1.29, 1.82) is 0 Å². The van der Waals surface area contributed by atoms with Gasteiger partial charge in [-0.2, -0.15) is 0 Å². The molecule has 5 heteroatoms. The molecule has 0 heterocycles. The van der Waals surface area contributed by atoms with E-state index < -0.39 is 11.9 Å². The van der Waals surface area contributed by atoms with Crippen molar-refractivity contribution >= 4 is 11.6 Å². The first-order valence-corrected chi connectivity index (χ1v) is 6.61. The van der Waals surface area contributed by atoms with Gasteiger partial charge in [0.2, 0.25) is 0 Å². The Bertz CT molecular complexity index is 617. The van der Waals surface area contributed by atoms with E-state index in [1.165, 1.54) is 12.1 Å². The zero-order chi connectivity index (χ0) is 15.2. The van der Waals surface area contributed by atoms with Gasteiger partial charge in [-0.05, 0) is 36.8 Å². The van der Waals surface area contributed by atoms with Crippen LogP contribution in [0.4, 0.5) is 10.1 Å². The Labute approximate surface area is 122 Å². The summed E-state index contributed by atoms with van der Waals surface area (Å²) in [6.45, 7) is 1.82.